The van der Waals surface area contributed by atoms with Crippen molar-refractivity contribution in [1.29, 1.82) is 0 Å². The summed E-state index contributed by atoms with van der Waals surface area (Å²) in [5, 5.41) is 11.4. The molecule has 0 spiro atoms. The first-order valence-corrected chi connectivity index (χ1v) is 2.16. The van der Waals surface area contributed by atoms with Crippen molar-refractivity contribution in [2.45, 2.75) is 12.5 Å². The molecule has 0 saturated carbocycles. The number of aliphatic hydroxyl groups is 1. The Hall–Kier alpha value is 0.100. The molecule has 0 aromatic rings. The molecule has 2 amide bonds. The van der Waals surface area contributed by atoms with Crippen LogP contribution in [0.25, 0.3) is 5.32 Å². The maximum atomic E-state index is 10.1. The number of hydrogen-bond acceptors (Lipinski definition) is 3. The monoisotopic (exact) mass is 137 g/mol. The number of carbonyl (C=O) groups is 2. The minimum atomic E-state index is -1.16. The van der Waals surface area contributed by atoms with Crippen LogP contribution >= 0.6 is 0 Å². The predicted molar refractivity (Wildman–Crippen MR) is 24.0 cm³/mol. The Bertz CT molecular complexity index is 147. The van der Waals surface area contributed by atoms with Crippen LogP contribution in [0.2, 0.25) is 0 Å². The predicted octanol–water partition coefficient (Wildman–Crippen LogP) is -3.82. The maximum absolute atomic E-state index is 10.1. The number of imide groups is 1. The molecule has 1 saturated heterocycles. The summed E-state index contributed by atoms with van der Waals surface area (Å²) in [5.74, 6) is -1.24. The van der Waals surface area contributed by atoms with Gasteiger partial charge in [0.1, 0.15) is 6.10 Å². The summed E-state index contributed by atoms with van der Waals surface area (Å²) in [6, 6.07) is 0. The Morgan fingerprint density at radius 2 is 2.11 bits per heavy atom. The largest absolute Gasteiger partial charge is 1.00 e. The molecule has 0 aromatic heterocycles. The molecule has 1 aliphatic rings. The summed E-state index contributed by atoms with van der Waals surface area (Å²) in [6.45, 7) is 0. The fraction of sp³-hybridized carbons (Fsp3) is 0.500. The van der Waals surface area contributed by atoms with Gasteiger partial charge in [0, 0.05) is 6.42 Å². The Labute approximate surface area is 73.9 Å². The van der Waals surface area contributed by atoms with Crippen LogP contribution in [0.1, 0.15) is 6.42 Å². The van der Waals surface area contributed by atoms with E-state index in [1.807, 2.05) is 0 Å². The van der Waals surface area contributed by atoms with E-state index >= 15 is 0 Å². The average molecular weight is 137 g/mol. The van der Waals surface area contributed by atoms with Gasteiger partial charge in [-0.3, -0.25) is 0 Å². The van der Waals surface area contributed by atoms with Crippen LogP contribution < -0.4 is 29.6 Å². The van der Waals surface area contributed by atoms with Crippen LogP contribution in [0.3, 0.4) is 0 Å². The van der Waals surface area contributed by atoms with E-state index in [-0.39, 0.29) is 36.0 Å². The fourth-order valence-electron chi connectivity index (χ4n) is 0.496. The first-order chi connectivity index (χ1) is 3.70. The van der Waals surface area contributed by atoms with Gasteiger partial charge < -0.3 is 20.0 Å². The summed E-state index contributed by atoms with van der Waals surface area (Å²) in [6.07, 6.45) is -1.30. The molecule has 44 valence electrons. The van der Waals surface area contributed by atoms with Crippen LogP contribution in [-0.4, -0.2) is 23.0 Å². The molecule has 1 heterocycles. The molecule has 0 radical (unpaired) electrons. The van der Waals surface area contributed by atoms with Crippen LogP contribution in [0.4, 0.5) is 0 Å². The normalized spacial score (nSPS) is 25.2. The molecule has 0 aliphatic carbocycles. The molecule has 1 aliphatic heterocycles. The second-order valence-corrected chi connectivity index (χ2v) is 1.56. The SMILES string of the molecule is O=C1CC(O)C(=O)[N-]1.[Na+]. The zero-order valence-electron chi connectivity index (χ0n) is 5.00. The van der Waals surface area contributed by atoms with Gasteiger partial charge in [-0.25, -0.2) is 0 Å². The van der Waals surface area contributed by atoms with Crippen molar-refractivity contribution in [3.63, 3.8) is 0 Å². The average Bonchev–Trinajstić information content (AvgIpc) is 1.85. The molecule has 1 unspecified atom stereocenters. The van der Waals surface area contributed by atoms with Crippen molar-refractivity contribution in [2.24, 2.45) is 0 Å². The topological polar surface area (TPSA) is 68.5 Å². The number of amides is 2. The molecular formula is C4H4NNaO3. The van der Waals surface area contributed by atoms with Gasteiger partial charge in [-0.15, -0.1) is 0 Å². The number of rotatable bonds is 0. The molecule has 0 aromatic carbocycles. The third-order valence-corrected chi connectivity index (χ3v) is 0.888. The molecule has 4 nitrogen and oxygen atoms in total. The van der Waals surface area contributed by atoms with Crippen molar-refractivity contribution in [1.82, 2.24) is 0 Å². The molecule has 0 bridgehead atoms. The summed E-state index contributed by atoms with van der Waals surface area (Å²) in [5.41, 5.74) is 0. The second-order valence-electron chi connectivity index (χ2n) is 1.56. The molecule has 1 rings (SSSR count). The van der Waals surface area contributed by atoms with Gasteiger partial charge in [0.2, 0.25) is 0 Å². The summed E-state index contributed by atoms with van der Waals surface area (Å²) >= 11 is 0. The Morgan fingerprint density at radius 3 is 2.22 bits per heavy atom. The molecule has 5 heteroatoms. The van der Waals surface area contributed by atoms with E-state index in [1.54, 1.807) is 0 Å². The van der Waals surface area contributed by atoms with Crippen LogP contribution in [-0.2, 0) is 9.59 Å². The van der Waals surface area contributed by atoms with Gasteiger partial charge in [0.25, 0.3) is 0 Å². The van der Waals surface area contributed by atoms with Crippen molar-refractivity contribution in [2.75, 3.05) is 0 Å². The molecule has 1 fully saturated rings. The third kappa shape index (κ3) is 2.06. The molecule has 9 heavy (non-hydrogen) atoms. The first kappa shape index (κ1) is 9.10. The summed E-state index contributed by atoms with van der Waals surface area (Å²) < 4.78 is 0. The maximum Gasteiger partial charge on any atom is 1.00 e. The Balaban J connectivity index is 0.000000640. The molecule has 1 atom stereocenters. The Morgan fingerprint density at radius 1 is 1.56 bits per heavy atom. The quantitative estimate of drug-likeness (QED) is 0.275. The zero-order chi connectivity index (χ0) is 6.15. The fourth-order valence-corrected chi connectivity index (χ4v) is 0.496. The van der Waals surface area contributed by atoms with E-state index < -0.39 is 17.9 Å². The zero-order valence-corrected chi connectivity index (χ0v) is 7.00. The van der Waals surface area contributed by atoms with Crippen LogP contribution in [0.5, 0.6) is 0 Å². The molecule has 1 N–H and O–H groups in total. The van der Waals surface area contributed by atoms with Gasteiger partial charge in [0.05, 0.1) is 11.8 Å². The minimum Gasteiger partial charge on any atom is -0.594 e. The van der Waals surface area contributed by atoms with E-state index in [9.17, 15) is 9.59 Å². The van der Waals surface area contributed by atoms with Crippen LogP contribution in [0.15, 0.2) is 0 Å². The standard InChI is InChI=1S/C4H5NO3.Na/c6-2-1-3(7)5-4(2)8;/h2,6H,1H2,(H,5,7,8);/q;+1/p-1. The second kappa shape index (κ2) is 3.31. The number of aliphatic hydroxyl groups excluding tert-OH is 1. The van der Waals surface area contributed by atoms with Crippen molar-refractivity contribution < 1.29 is 44.3 Å². The van der Waals surface area contributed by atoms with E-state index in [0.717, 1.165) is 0 Å². The Kier molecular flexibility index (Phi) is 3.35. The summed E-state index contributed by atoms with van der Waals surface area (Å²) in [4.78, 5) is 20.3. The smallest absolute Gasteiger partial charge is 0.594 e. The van der Waals surface area contributed by atoms with Crippen molar-refractivity contribution in [3.05, 3.63) is 5.32 Å². The van der Waals surface area contributed by atoms with Gasteiger partial charge in [-0.05, 0) is 0 Å². The van der Waals surface area contributed by atoms with E-state index in [0.29, 0.717) is 0 Å². The van der Waals surface area contributed by atoms with Gasteiger partial charge in [-0.2, -0.15) is 0 Å². The van der Waals surface area contributed by atoms with E-state index in [4.69, 9.17) is 5.11 Å². The van der Waals surface area contributed by atoms with E-state index in [2.05, 4.69) is 5.32 Å². The third-order valence-electron chi connectivity index (χ3n) is 0.888. The van der Waals surface area contributed by atoms with Crippen molar-refractivity contribution >= 4 is 11.8 Å². The number of hydrogen-bond donors (Lipinski definition) is 1. The number of nitrogens with zero attached hydrogens (tertiary/aromatic N) is 1. The van der Waals surface area contributed by atoms with Gasteiger partial charge in [0.15, 0.2) is 0 Å². The van der Waals surface area contributed by atoms with Gasteiger partial charge >= 0.3 is 29.6 Å². The summed E-state index contributed by atoms with van der Waals surface area (Å²) in [7, 11) is 0. The first-order valence-electron chi connectivity index (χ1n) is 2.16. The molecular weight excluding hydrogens is 133 g/mol. The van der Waals surface area contributed by atoms with Crippen molar-refractivity contribution in [3.8, 4) is 0 Å². The van der Waals surface area contributed by atoms with Crippen LogP contribution in [0, 0.1) is 0 Å². The van der Waals surface area contributed by atoms with Gasteiger partial charge in [-0.1, -0.05) is 0 Å². The minimum absolute atomic E-state index is 0. The van der Waals surface area contributed by atoms with E-state index in [1.165, 1.54) is 0 Å². The number of carbonyl (C=O) groups excluding carboxylic acids is 2.